The molecule has 5 nitrogen and oxygen atoms in total. The molecule has 5 heteroatoms. The van der Waals surface area contributed by atoms with Gasteiger partial charge in [0.1, 0.15) is 0 Å². The van der Waals surface area contributed by atoms with Crippen molar-refractivity contribution in [1.82, 2.24) is 9.88 Å². The molecule has 1 amide bonds. The van der Waals surface area contributed by atoms with Crippen molar-refractivity contribution in [2.24, 2.45) is 0 Å². The number of fused-ring (bicyclic) bond motifs is 1. The molecular formula is C27H32N2O3. The van der Waals surface area contributed by atoms with Crippen LogP contribution >= 0.6 is 0 Å². The van der Waals surface area contributed by atoms with E-state index in [-0.39, 0.29) is 29.5 Å². The van der Waals surface area contributed by atoms with Crippen molar-refractivity contribution in [1.29, 1.82) is 0 Å². The highest BCUT2D eigenvalue weighted by molar-refractivity contribution is 5.94. The number of carbonyl (C=O) groups excluding carboxylic acids is 1. The van der Waals surface area contributed by atoms with Crippen molar-refractivity contribution in [3.05, 3.63) is 81.1 Å². The summed E-state index contributed by atoms with van der Waals surface area (Å²) in [5, 5.41) is 0.971. The fraction of sp³-hybridized carbons (Fsp3) is 0.407. The van der Waals surface area contributed by atoms with Gasteiger partial charge < -0.3 is 14.6 Å². The van der Waals surface area contributed by atoms with Gasteiger partial charge in [0, 0.05) is 24.3 Å². The highest BCUT2D eigenvalue weighted by Gasteiger charge is 2.25. The number of nitrogens with one attached hydrogen (secondary N) is 1. The quantitative estimate of drug-likeness (QED) is 0.620. The molecule has 168 valence electrons. The standard InChI is InChI=1S/C27H32N2O3/c1-18-7-5-8-20-15-21(25(30)28-24(18)20)16-29(17-23-9-6-14-32-23)26(31)19-10-12-22(13-11-19)27(2,3)4/h5,7-8,10-13,15,23H,6,9,14,16-17H2,1-4H3,(H,28,30)/t23-/m1/s1. The van der Waals surface area contributed by atoms with Crippen LogP contribution in [-0.2, 0) is 16.7 Å². The molecule has 1 N–H and O–H groups in total. The lowest BCUT2D eigenvalue weighted by molar-refractivity contribution is 0.0506. The number of rotatable bonds is 5. The highest BCUT2D eigenvalue weighted by Crippen LogP contribution is 2.24. The second kappa shape index (κ2) is 8.91. The number of hydrogen-bond donors (Lipinski definition) is 1. The Morgan fingerprint density at radius 3 is 2.56 bits per heavy atom. The second-order valence-corrected chi connectivity index (χ2v) is 9.81. The van der Waals surface area contributed by atoms with Crippen LogP contribution < -0.4 is 5.56 Å². The van der Waals surface area contributed by atoms with Gasteiger partial charge in [0.25, 0.3) is 11.5 Å². The summed E-state index contributed by atoms with van der Waals surface area (Å²) in [6.07, 6.45) is 1.94. The predicted octanol–water partition coefficient (Wildman–Crippen LogP) is 4.96. The molecule has 1 fully saturated rings. The Bertz CT molecular complexity index is 1170. The van der Waals surface area contributed by atoms with Gasteiger partial charge in [-0.2, -0.15) is 0 Å². The van der Waals surface area contributed by atoms with Crippen LogP contribution in [0.3, 0.4) is 0 Å². The van der Waals surface area contributed by atoms with E-state index in [4.69, 9.17) is 4.74 Å². The number of amides is 1. The minimum atomic E-state index is -0.153. The molecule has 1 saturated heterocycles. The fourth-order valence-electron chi connectivity index (χ4n) is 4.30. The molecular weight excluding hydrogens is 400 g/mol. The Kier molecular flexibility index (Phi) is 6.20. The maximum Gasteiger partial charge on any atom is 0.254 e. The number of aromatic amines is 1. The van der Waals surface area contributed by atoms with E-state index in [1.54, 1.807) is 4.90 Å². The van der Waals surface area contributed by atoms with Gasteiger partial charge in [0.2, 0.25) is 0 Å². The predicted molar refractivity (Wildman–Crippen MR) is 128 cm³/mol. The molecule has 1 aromatic heterocycles. The number of aryl methyl sites for hydroxylation is 1. The molecule has 3 aromatic rings. The average Bonchev–Trinajstić information content (AvgIpc) is 3.27. The van der Waals surface area contributed by atoms with E-state index in [0.717, 1.165) is 35.9 Å². The summed E-state index contributed by atoms with van der Waals surface area (Å²) >= 11 is 0. The number of nitrogens with zero attached hydrogens (tertiary/aromatic N) is 1. The molecule has 1 atom stereocenters. The minimum absolute atomic E-state index is 0.00887. The Labute approximate surface area is 189 Å². The van der Waals surface area contributed by atoms with Crippen molar-refractivity contribution in [3.8, 4) is 0 Å². The second-order valence-electron chi connectivity index (χ2n) is 9.81. The molecule has 0 spiro atoms. The smallest absolute Gasteiger partial charge is 0.254 e. The van der Waals surface area contributed by atoms with Gasteiger partial charge in [0.15, 0.2) is 0 Å². The maximum atomic E-state index is 13.5. The highest BCUT2D eigenvalue weighted by atomic mass is 16.5. The van der Waals surface area contributed by atoms with Gasteiger partial charge >= 0.3 is 0 Å². The molecule has 1 aliphatic heterocycles. The van der Waals surface area contributed by atoms with Gasteiger partial charge in [-0.25, -0.2) is 0 Å². The lowest BCUT2D eigenvalue weighted by atomic mass is 9.86. The minimum Gasteiger partial charge on any atom is -0.376 e. The van der Waals surface area contributed by atoms with Crippen molar-refractivity contribution < 1.29 is 9.53 Å². The Hall–Kier alpha value is -2.92. The van der Waals surface area contributed by atoms with E-state index in [0.29, 0.717) is 17.7 Å². The zero-order valence-corrected chi connectivity index (χ0v) is 19.4. The van der Waals surface area contributed by atoms with Crippen LogP contribution in [0.25, 0.3) is 10.9 Å². The zero-order chi connectivity index (χ0) is 22.9. The first-order valence-corrected chi connectivity index (χ1v) is 11.4. The van der Waals surface area contributed by atoms with Crippen LogP contribution in [0.5, 0.6) is 0 Å². The number of H-pyrrole nitrogens is 1. The van der Waals surface area contributed by atoms with Crippen LogP contribution in [0.15, 0.2) is 53.3 Å². The van der Waals surface area contributed by atoms with E-state index < -0.39 is 0 Å². The summed E-state index contributed by atoms with van der Waals surface area (Å²) < 4.78 is 5.81. The number of para-hydroxylation sites is 1. The van der Waals surface area contributed by atoms with Crippen LogP contribution in [0, 0.1) is 6.92 Å². The summed E-state index contributed by atoms with van der Waals surface area (Å²) in [5.41, 5.74) is 4.13. The molecule has 0 radical (unpaired) electrons. The normalized spacial score (nSPS) is 16.4. The van der Waals surface area contributed by atoms with Gasteiger partial charge in [0.05, 0.1) is 18.2 Å². The van der Waals surface area contributed by atoms with Gasteiger partial charge in [-0.05, 0) is 59.9 Å². The molecule has 0 saturated carbocycles. The number of benzene rings is 2. The van der Waals surface area contributed by atoms with Crippen LogP contribution in [0.4, 0.5) is 0 Å². The first-order valence-electron chi connectivity index (χ1n) is 11.4. The fourth-order valence-corrected chi connectivity index (χ4v) is 4.30. The first-order chi connectivity index (χ1) is 15.2. The van der Waals surface area contributed by atoms with Crippen LogP contribution in [0.1, 0.15) is 60.7 Å². The molecule has 4 rings (SSSR count). The van der Waals surface area contributed by atoms with E-state index in [1.807, 2.05) is 55.5 Å². The summed E-state index contributed by atoms with van der Waals surface area (Å²) in [7, 11) is 0. The maximum absolute atomic E-state index is 13.5. The van der Waals surface area contributed by atoms with Crippen LogP contribution in [-0.4, -0.2) is 35.0 Å². The summed E-state index contributed by atoms with van der Waals surface area (Å²) in [4.78, 5) is 31.1. The number of aromatic nitrogens is 1. The van der Waals surface area contributed by atoms with Crippen molar-refractivity contribution in [2.45, 2.75) is 58.6 Å². The molecule has 1 aliphatic rings. The Morgan fingerprint density at radius 1 is 1.16 bits per heavy atom. The molecule has 2 aromatic carbocycles. The lowest BCUT2D eigenvalue weighted by Crippen LogP contribution is -2.38. The van der Waals surface area contributed by atoms with E-state index in [9.17, 15) is 9.59 Å². The molecule has 2 heterocycles. The molecule has 0 bridgehead atoms. The van der Waals surface area contributed by atoms with Gasteiger partial charge in [-0.3, -0.25) is 9.59 Å². The SMILES string of the molecule is Cc1cccc2cc(CN(C[C@H]3CCCO3)C(=O)c3ccc(C(C)(C)C)cc3)c(=O)[nH]c12. The third kappa shape index (κ3) is 4.78. The van der Waals surface area contributed by atoms with Crippen molar-refractivity contribution >= 4 is 16.8 Å². The molecule has 32 heavy (non-hydrogen) atoms. The van der Waals surface area contributed by atoms with Gasteiger partial charge in [-0.1, -0.05) is 51.1 Å². The number of carbonyl (C=O) groups is 1. The lowest BCUT2D eigenvalue weighted by Gasteiger charge is -2.26. The third-order valence-electron chi connectivity index (χ3n) is 6.26. The van der Waals surface area contributed by atoms with E-state index in [2.05, 4.69) is 25.8 Å². The number of hydrogen-bond acceptors (Lipinski definition) is 3. The Balaban J connectivity index is 1.65. The summed E-state index contributed by atoms with van der Waals surface area (Å²) in [6.45, 7) is 9.89. The van der Waals surface area contributed by atoms with Crippen LogP contribution in [0.2, 0.25) is 0 Å². The van der Waals surface area contributed by atoms with Crippen molar-refractivity contribution in [3.63, 3.8) is 0 Å². The van der Waals surface area contributed by atoms with Crippen molar-refractivity contribution in [2.75, 3.05) is 13.2 Å². The number of ether oxygens (including phenoxy) is 1. The summed E-state index contributed by atoms with van der Waals surface area (Å²) in [6, 6.07) is 15.7. The summed E-state index contributed by atoms with van der Waals surface area (Å²) in [5.74, 6) is -0.0790. The average molecular weight is 433 g/mol. The zero-order valence-electron chi connectivity index (χ0n) is 19.4. The first kappa shape index (κ1) is 22.3. The topological polar surface area (TPSA) is 62.4 Å². The molecule has 0 unspecified atom stereocenters. The van der Waals surface area contributed by atoms with E-state index >= 15 is 0 Å². The van der Waals surface area contributed by atoms with Gasteiger partial charge in [-0.15, -0.1) is 0 Å². The molecule has 0 aliphatic carbocycles. The monoisotopic (exact) mass is 432 g/mol. The number of pyridine rings is 1. The van der Waals surface area contributed by atoms with E-state index in [1.165, 1.54) is 5.56 Å². The third-order valence-corrected chi connectivity index (χ3v) is 6.26. The largest absolute Gasteiger partial charge is 0.376 e. The Morgan fingerprint density at radius 2 is 1.91 bits per heavy atom.